The van der Waals surface area contributed by atoms with Crippen LogP contribution >= 0.6 is 11.8 Å². The molecule has 6 nitrogen and oxygen atoms in total. The molecule has 7 heteroatoms. The highest BCUT2D eigenvalue weighted by Gasteiger charge is 2.16. The van der Waals surface area contributed by atoms with E-state index in [0.29, 0.717) is 21.7 Å². The van der Waals surface area contributed by atoms with Gasteiger partial charge in [0.25, 0.3) is 5.56 Å². The van der Waals surface area contributed by atoms with Crippen molar-refractivity contribution in [1.82, 2.24) is 9.55 Å². The number of carbonyl (C=O) groups is 2. The number of rotatable bonds is 7. The highest BCUT2D eigenvalue weighted by molar-refractivity contribution is 7.99. The van der Waals surface area contributed by atoms with Crippen molar-refractivity contribution in [2.45, 2.75) is 18.5 Å². The lowest BCUT2D eigenvalue weighted by Crippen LogP contribution is -2.22. The number of nitrogens with zero attached hydrogens (tertiary/aromatic N) is 2. The molecule has 138 valence electrons. The molecular weight excluding hydrogens is 364 g/mol. The van der Waals surface area contributed by atoms with Crippen LogP contribution in [0.4, 0.5) is 0 Å². The maximum atomic E-state index is 13.0. The summed E-state index contributed by atoms with van der Waals surface area (Å²) < 4.78 is 6.29. The number of esters is 1. The number of hydrogen-bond acceptors (Lipinski definition) is 6. The summed E-state index contributed by atoms with van der Waals surface area (Å²) in [5.41, 5.74) is 1.03. The third-order valence-electron chi connectivity index (χ3n) is 3.77. The summed E-state index contributed by atoms with van der Waals surface area (Å²) in [5.74, 6) is -0.799. The summed E-state index contributed by atoms with van der Waals surface area (Å²) in [7, 11) is 0. The van der Waals surface area contributed by atoms with Crippen LogP contribution in [0, 0.1) is 0 Å². The molecule has 0 N–H and O–H groups in total. The Morgan fingerprint density at radius 2 is 1.78 bits per heavy atom. The predicted octanol–water partition coefficient (Wildman–Crippen LogP) is 3.00. The van der Waals surface area contributed by atoms with E-state index in [1.165, 1.54) is 4.57 Å². The molecule has 0 aliphatic carbocycles. The molecule has 27 heavy (non-hydrogen) atoms. The van der Waals surface area contributed by atoms with E-state index >= 15 is 0 Å². The van der Waals surface area contributed by atoms with Gasteiger partial charge in [-0.15, -0.1) is 0 Å². The lowest BCUT2D eigenvalue weighted by molar-refractivity contribution is -0.145. The Balaban J connectivity index is 1.95. The van der Waals surface area contributed by atoms with Gasteiger partial charge in [0.1, 0.15) is 6.42 Å². The average Bonchev–Trinajstić information content (AvgIpc) is 2.67. The molecule has 0 aliphatic rings. The fraction of sp³-hybridized carbons (Fsp3) is 0.200. The first kappa shape index (κ1) is 18.8. The second-order valence-corrected chi connectivity index (χ2v) is 6.64. The van der Waals surface area contributed by atoms with E-state index in [9.17, 15) is 14.4 Å². The first-order valence-corrected chi connectivity index (χ1v) is 9.46. The number of para-hydroxylation sites is 2. The van der Waals surface area contributed by atoms with E-state index in [0.717, 1.165) is 11.8 Å². The Kier molecular flexibility index (Phi) is 6.03. The first-order valence-electron chi connectivity index (χ1n) is 8.47. The topological polar surface area (TPSA) is 78.3 Å². The Morgan fingerprint density at radius 1 is 1.07 bits per heavy atom. The smallest absolute Gasteiger partial charge is 0.313 e. The number of hydrogen-bond donors (Lipinski definition) is 0. The van der Waals surface area contributed by atoms with Crippen molar-refractivity contribution in [2.24, 2.45) is 0 Å². The summed E-state index contributed by atoms with van der Waals surface area (Å²) in [4.78, 5) is 41.1. The zero-order valence-corrected chi connectivity index (χ0v) is 15.6. The monoisotopic (exact) mass is 382 g/mol. The Bertz CT molecular complexity index is 1030. The molecule has 1 heterocycles. The van der Waals surface area contributed by atoms with Gasteiger partial charge in [0.2, 0.25) is 0 Å². The molecule has 0 saturated carbocycles. The van der Waals surface area contributed by atoms with Crippen molar-refractivity contribution in [3.05, 3.63) is 65.0 Å². The molecule has 0 spiro atoms. The van der Waals surface area contributed by atoms with Gasteiger partial charge in [-0.3, -0.25) is 19.0 Å². The van der Waals surface area contributed by atoms with Crippen LogP contribution in [0.1, 0.15) is 13.3 Å². The summed E-state index contributed by atoms with van der Waals surface area (Å²) >= 11 is 1.13. The van der Waals surface area contributed by atoms with Crippen molar-refractivity contribution < 1.29 is 14.3 Å². The third-order valence-corrected chi connectivity index (χ3v) is 4.77. The fourth-order valence-electron chi connectivity index (χ4n) is 2.58. The molecule has 0 amide bonds. The van der Waals surface area contributed by atoms with Crippen LogP contribution in [-0.4, -0.2) is 33.7 Å². The van der Waals surface area contributed by atoms with Gasteiger partial charge >= 0.3 is 5.97 Å². The van der Waals surface area contributed by atoms with Gasteiger partial charge in [-0.2, -0.15) is 0 Å². The molecule has 0 radical (unpaired) electrons. The standard InChI is InChI=1S/C20H18N2O4S/c1-2-26-18(24)12-15(23)13-27-20-21-17-11-7-6-10-16(17)19(25)22(20)14-8-4-3-5-9-14/h3-11H,2,12-13H2,1H3. The molecule has 0 unspecified atom stereocenters. The van der Waals surface area contributed by atoms with Crippen LogP contribution in [0.5, 0.6) is 0 Å². The number of Topliss-reactive ketones (excluding diaryl/α,β-unsaturated/α-hetero) is 1. The summed E-state index contributed by atoms with van der Waals surface area (Å²) in [6, 6.07) is 16.2. The van der Waals surface area contributed by atoms with Crippen LogP contribution in [0.3, 0.4) is 0 Å². The summed E-state index contributed by atoms with van der Waals surface area (Å²) in [6.07, 6.45) is -0.288. The molecule has 2 aromatic carbocycles. The number of thioether (sulfide) groups is 1. The van der Waals surface area contributed by atoms with Gasteiger partial charge in [-0.05, 0) is 31.2 Å². The molecule has 3 rings (SSSR count). The highest BCUT2D eigenvalue weighted by Crippen LogP contribution is 2.21. The van der Waals surface area contributed by atoms with E-state index in [-0.39, 0.29) is 30.1 Å². The second kappa shape index (κ2) is 8.64. The lowest BCUT2D eigenvalue weighted by atomic mass is 10.2. The van der Waals surface area contributed by atoms with Gasteiger partial charge in [-0.25, -0.2) is 4.98 Å². The van der Waals surface area contributed by atoms with Crippen molar-refractivity contribution in [3.63, 3.8) is 0 Å². The van der Waals surface area contributed by atoms with E-state index in [1.807, 2.05) is 36.4 Å². The van der Waals surface area contributed by atoms with Crippen LogP contribution in [0.2, 0.25) is 0 Å². The van der Waals surface area contributed by atoms with Crippen molar-refractivity contribution in [1.29, 1.82) is 0 Å². The van der Waals surface area contributed by atoms with E-state index in [4.69, 9.17) is 4.74 Å². The SMILES string of the molecule is CCOC(=O)CC(=O)CSc1nc2ccccc2c(=O)n1-c1ccccc1. The van der Waals surface area contributed by atoms with Gasteiger partial charge in [0.05, 0.1) is 29.0 Å². The van der Waals surface area contributed by atoms with Gasteiger partial charge in [0, 0.05) is 0 Å². The summed E-state index contributed by atoms with van der Waals surface area (Å²) in [6.45, 7) is 1.92. The zero-order valence-electron chi connectivity index (χ0n) is 14.8. The van der Waals surface area contributed by atoms with E-state index < -0.39 is 5.97 Å². The van der Waals surface area contributed by atoms with E-state index in [1.54, 1.807) is 25.1 Å². The molecule has 0 aliphatic heterocycles. The zero-order chi connectivity index (χ0) is 19.2. The first-order chi connectivity index (χ1) is 13.1. The van der Waals surface area contributed by atoms with E-state index in [2.05, 4.69) is 4.98 Å². The molecular formula is C20H18N2O4S. The molecule has 0 saturated heterocycles. The molecule has 1 aromatic heterocycles. The number of ketones is 1. The fourth-order valence-corrected chi connectivity index (χ4v) is 3.46. The number of aromatic nitrogens is 2. The predicted molar refractivity (Wildman–Crippen MR) is 104 cm³/mol. The normalized spacial score (nSPS) is 10.7. The van der Waals surface area contributed by atoms with Crippen LogP contribution in [0.25, 0.3) is 16.6 Å². The highest BCUT2D eigenvalue weighted by atomic mass is 32.2. The van der Waals surface area contributed by atoms with Crippen molar-refractivity contribution in [3.8, 4) is 5.69 Å². The van der Waals surface area contributed by atoms with Gasteiger partial charge in [-0.1, -0.05) is 42.1 Å². The van der Waals surface area contributed by atoms with Crippen LogP contribution in [0.15, 0.2) is 64.5 Å². The van der Waals surface area contributed by atoms with Crippen LogP contribution < -0.4 is 5.56 Å². The number of fused-ring (bicyclic) bond motifs is 1. The number of ether oxygens (including phenoxy) is 1. The minimum atomic E-state index is -0.546. The Morgan fingerprint density at radius 3 is 2.52 bits per heavy atom. The minimum absolute atomic E-state index is 0.0242. The van der Waals surface area contributed by atoms with Crippen LogP contribution in [-0.2, 0) is 14.3 Å². The minimum Gasteiger partial charge on any atom is -0.466 e. The third kappa shape index (κ3) is 4.43. The maximum absolute atomic E-state index is 13.0. The maximum Gasteiger partial charge on any atom is 0.313 e. The second-order valence-electron chi connectivity index (χ2n) is 5.70. The Hall–Kier alpha value is -2.93. The number of carbonyl (C=O) groups excluding carboxylic acids is 2. The van der Waals surface area contributed by atoms with Gasteiger partial charge < -0.3 is 4.74 Å². The Labute approximate surface area is 160 Å². The molecule has 3 aromatic rings. The molecule has 0 bridgehead atoms. The molecule has 0 fully saturated rings. The lowest BCUT2D eigenvalue weighted by Gasteiger charge is -2.12. The quantitative estimate of drug-likeness (QED) is 0.271. The average molecular weight is 382 g/mol. The summed E-state index contributed by atoms with van der Waals surface area (Å²) in [5, 5.41) is 0.908. The van der Waals surface area contributed by atoms with Crippen molar-refractivity contribution >= 4 is 34.4 Å². The molecule has 0 atom stereocenters. The van der Waals surface area contributed by atoms with Crippen molar-refractivity contribution in [2.75, 3.05) is 12.4 Å². The largest absolute Gasteiger partial charge is 0.466 e. The van der Waals surface area contributed by atoms with Gasteiger partial charge in [0.15, 0.2) is 10.9 Å². The number of benzene rings is 2.